The number of hydrogen-bond donors (Lipinski definition) is 1. The molecule has 0 atom stereocenters. The Labute approximate surface area is 93.9 Å². The molecule has 0 saturated heterocycles. The molecule has 0 aromatic heterocycles. The summed E-state index contributed by atoms with van der Waals surface area (Å²) >= 11 is 0. The van der Waals surface area contributed by atoms with Crippen molar-refractivity contribution >= 4 is 12.0 Å². The number of carbonyl (C=O) groups is 1. The van der Waals surface area contributed by atoms with Crippen LogP contribution < -0.4 is 10.5 Å². The average molecular weight is 216 g/mol. The van der Waals surface area contributed by atoms with Crippen molar-refractivity contribution in [3.8, 4) is 11.8 Å². The minimum absolute atomic E-state index is 0.0753. The fourth-order valence-corrected chi connectivity index (χ4v) is 1.19. The number of rotatable bonds is 4. The fraction of sp³-hybridized carbons (Fsp3) is 0.167. The zero-order valence-electron chi connectivity index (χ0n) is 8.93. The number of amides is 1. The summed E-state index contributed by atoms with van der Waals surface area (Å²) in [6.07, 6.45) is 1.44. The molecule has 1 aromatic rings. The maximum atomic E-state index is 10.8. The van der Waals surface area contributed by atoms with Gasteiger partial charge in [-0.2, -0.15) is 5.26 Å². The van der Waals surface area contributed by atoms with Crippen LogP contribution in [-0.4, -0.2) is 12.5 Å². The summed E-state index contributed by atoms with van der Waals surface area (Å²) < 4.78 is 5.29. The maximum absolute atomic E-state index is 10.8. The molecule has 0 heterocycles. The molecule has 4 nitrogen and oxygen atoms in total. The Bertz CT molecular complexity index is 458. The van der Waals surface area contributed by atoms with Crippen molar-refractivity contribution in [2.24, 2.45) is 5.73 Å². The highest BCUT2D eigenvalue weighted by Crippen LogP contribution is 2.15. The van der Waals surface area contributed by atoms with Gasteiger partial charge >= 0.3 is 0 Å². The van der Waals surface area contributed by atoms with Gasteiger partial charge < -0.3 is 10.5 Å². The first kappa shape index (κ1) is 11.8. The van der Waals surface area contributed by atoms with Crippen molar-refractivity contribution in [3.05, 3.63) is 35.4 Å². The summed E-state index contributed by atoms with van der Waals surface area (Å²) in [6, 6.07) is 8.84. The molecule has 1 amide bonds. The maximum Gasteiger partial charge on any atom is 0.259 e. The van der Waals surface area contributed by atoms with Crippen LogP contribution in [0.2, 0.25) is 0 Å². The van der Waals surface area contributed by atoms with Crippen molar-refractivity contribution in [2.75, 3.05) is 6.61 Å². The standard InChI is InChI=1S/C12H12N2O2/c1-2-16-11-5-3-4-9(7-11)6-10(8-13)12(14)15/h3-7H,2H2,1H3,(H2,14,15)/b10-6+. The van der Waals surface area contributed by atoms with Crippen molar-refractivity contribution < 1.29 is 9.53 Å². The van der Waals surface area contributed by atoms with Crippen molar-refractivity contribution in [3.63, 3.8) is 0 Å². The van der Waals surface area contributed by atoms with E-state index in [2.05, 4.69) is 0 Å². The molecular formula is C12H12N2O2. The van der Waals surface area contributed by atoms with E-state index < -0.39 is 5.91 Å². The number of hydrogen-bond acceptors (Lipinski definition) is 3. The molecule has 0 unspecified atom stereocenters. The summed E-state index contributed by atoms with van der Waals surface area (Å²) in [7, 11) is 0. The van der Waals surface area contributed by atoms with Crippen LogP contribution in [0.25, 0.3) is 6.08 Å². The highest BCUT2D eigenvalue weighted by Gasteiger charge is 2.03. The molecule has 0 radical (unpaired) electrons. The average Bonchev–Trinajstić information content (AvgIpc) is 2.26. The minimum atomic E-state index is -0.732. The second-order valence-electron chi connectivity index (χ2n) is 3.04. The van der Waals surface area contributed by atoms with Gasteiger partial charge in [0.1, 0.15) is 17.4 Å². The van der Waals surface area contributed by atoms with E-state index in [0.29, 0.717) is 17.9 Å². The van der Waals surface area contributed by atoms with E-state index in [1.54, 1.807) is 30.3 Å². The lowest BCUT2D eigenvalue weighted by Crippen LogP contribution is -2.12. The molecule has 0 bridgehead atoms. The van der Waals surface area contributed by atoms with Crippen molar-refractivity contribution in [1.29, 1.82) is 5.26 Å². The largest absolute Gasteiger partial charge is 0.494 e. The van der Waals surface area contributed by atoms with Gasteiger partial charge in [0.15, 0.2) is 0 Å². The topological polar surface area (TPSA) is 76.1 Å². The van der Waals surface area contributed by atoms with Crippen LogP contribution in [-0.2, 0) is 4.79 Å². The van der Waals surface area contributed by atoms with E-state index >= 15 is 0 Å². The van der Waals surface area contributed by atoms with Crippen molar-refractivity contribution in [2.45, 2.75) is 6.92 Å². The molecule has 1 aromatic carbocycles. The molecule has 0 fully saturated rings. The molecule has 2 N–H and O–H groups in total. The van der Waals surface area contributed by atoms with Crippen LogP contribution in [0, 0.1) is 11.3 Å². The molecule has 82 valence electrons. The van der Waals surface area contributed by atoms with Crippen LogP contribution in [0.4, 0.5) is 0 Å². The van der Waals surface area contributed by atoms with E-state index in [4.69, 9.17) is 15.7 Å². The Morgan fingerprint density at radius 3 is 2.94 bits per heavy atom. The van der Waals surface area contributed by atoms with E-state index in [0.717, 1.165) is 0 Å². The quantitative estimate of drug-likeness (QED) is 0.611. The third-order valence-corrected chi connectivity index (χ3v) is 1.87. The summed E-state index contributed by atoms with van der Waals surface area (Å²) in [5.74, 6) is -0.0395. The first-order valence-corrected chi connectivity index (χ1v) is 4.82. The lowest BCUT2D eigenvalue weighted by molar-refractivity contribution is -0.114. The van der Waals surface area contributed by atoms with E-state index in [1.165, 1.54) is 6.08 Å². The Morgan fingerprint density at radius 2 is 2.38 bits per heavy atom. The normalized spacial score (nSPS) is 10.6. The SMILES string of the molecule is CCOc1cccc(/C=C(\C#N)C(N)=O)c1. The van der Waals surface area contributed by atoms with Gasteiger partial charge in [-0.05, 0) is 30.7 Å². The van der Waals surface area contributed by atoms with Crippen LogP contribution in [0.3, 0.4) is 0 Å². The molecule has 0 saturated carbocycles. The van der Waals surface area contributed by atoms with Gasteiger partial charge in [0.25, 0.3) is 5.91 Å². The fourth-order valence-electron chi connectivity index (χ4n) is 1.19. The summed E-state index contributed by atoms with van der Waals surface area (Å²) in [5, 5.41) is 8.68. The van der Waals surface area contributed by atoms with E-state index in [-0.39, 0.29) is 5.57 Å². The van der Waals surface area contributed by atoms with Gasteiger partial charge in [-0.15, -0.1) is 0 Å². The first-order chi connectivity index (χ1) is 7.67. The first-order valence-electron chi connectivity index (χ1n) is 4.82. The Kier molecular flexibility index (Phi) is 4.10. The number of carbonyl (C=O) groups excluding carboxylic acids is 1. The number of nitrogens with zero attached hydrogens (tertiary/aromatic N) is 1. The smallest absolute Gasteiger partial charge is 0.259 e. The number of benzene rings is 1. The minimum Gasteiger partial charge on any atom is -0.494 e. The Balaban J connectivity index is 3.01. The van der Waals surface area contributed by atoms with Crippen molar-refractivity contribution in [1.82, 2.24) is 0 Å². The lowest BCUT2D eigenvalue weighted by atomic mass is 10.1. The molecule has 4 heteroatoms. The molecule has 0 aliphatic carbocycles. The highest BCUT2D eigenvalue weighted by atomic mass is 16.5. The Morgan fingerprint density at radius 1 is 1.62 bits per heavy atom. The van der Waals surface area contributed by atoms with Gasteiger partial charge in [0.05, 0.1) is 6.61 Å². The predicted molar refractivity (Wildman–Crippen MR) is 60.4 cm³/mol. The monoisotopic (exact) mass is 216 g/mol. The van der Waals surface area contributed by atoms with E-state index in [9.17, 15) is 4.79 Å². The molecule has 0 aliphatic heterocycles. The van der Waals surface area contributed by atoms with Crippen LogP contribution in [0.1, 0.15) is 12.5 Å². The second-order valence-corrected chi connectivity index (χ2v) is 3.04. The lowest BCUT2D eigenvalue weighted by Gasteiger charge is -2.03. The molecular weight excluding hydrogens is 204 g/mol. The number of ether oxygens (including phenoxy) is 1. The molecule has 0 aliphatic rings. The zero-order valence-corrected chi connectivity index (χ0v) is 8.93. The number of primary amides is 1. The van der Waals surface area contributed by atoms with Gasteiger partial charge in [0.2, 0.25) is 0 Å². The van der Waals surface area contributed by atoms with Gasteiger partial charge in [-0.25, -0.2) is 0 Å². The highest BCUT2D eigenvalue weighted by molar-refractivity contribution is 6.00. The van der Waals surface area contributed by atoms with Crippen LogP contribution in [0.5, 0.6) is 5.75 Å². The number of nitrogens with two attached hydrogens (primary N) is 1. The van der Waals surface area contributed by atoms with Crippen LogP contribution in [0.15, 0.2) is 29.8 Å². The van der Waals surface area contributed by atoms with Gasteiger partial charge in [-0.1, -0.05) is 12.1 Å². The summed E-state index contributed by atoms with van der Waals surface area (Å²) in [6.45, 7) is 2.45. The summed E-state index contributed by atoms with van der Waals surface area (Å²) in [4.78, 5) is 10.8. The second kappa shape index (κ2) is 5.56. The molecule has 0 spiro atoms. The predicted octanol–water partition coefficient (Wildman–Crippen LogP) is 1.48. The van der Waals surface area contributed by atoms with Gasteiger partial charge in [0, 0.05) is 0 Å². The summed E-state index contributed by atoms with van der Waals surface area (Å²) in [5.41, 5.74) is 5.67. The third-order valence-electron chi connectivity index (χ3n) is 1.87. The van der Waals surface area contributed by atoms with Gasteiger partial charge in [-0.3, -0.25) is 4.79 Å². The third kappa shape index (κ3) is 3.14. The number of nitriles is 1. The molecule has 16 heavy (non-hydrogen) atoms. The zero-order chi connectivity index (χ0) is 12.0. The Hall–Kier alpha value is -2.28. The molecule has 1 rings (SSSR count). The van der Waals surface area contributed by atoms with Crippen LogP contribution >= 0.6 is 0 Å². The van der Waals surface area contributed by atoms with E-state index in [1.807, 2.05) is 6.92 Å².